The molecule has 1 amide bonds. The van der Waals surface area contributed by atoms with E-state index < -0.39 is 61.8 Å². The molecular weight excluding hydrogens is 288 g/mol. The number of carbonyl (C=O) groups excluding carboxylic acids is 1. The Morgan fingerprint density at radius 3 is 2.48 bits per heavy atom. The van der Waals surface area contributed by atoms with Crippen LogP contribution in [0.4, 0.5) is 0 Å². The van der Waals surface area contributed by atoms with Crippen LogP contribution in [0.15, 0.2) is 0 Å². The smallest absolute Gasteiger partial charge is 0.322 e. The van der Waals surface area contributed by atoms with Crippen LogP contribution in [0, 0.1) is 0 Å². The highest BCUT2D eigenvalue weighted by Gasteiger charge is 2.45. The van der Waals surface area contributed by atoms with Crippen LogP contribution in [0.5, 0.6) is 0 Å². The third-order valence-corrected chi connectivity index (χ3v) is 3.01. The minimum atomic E-state index is -1.45. The molecule has 1 rings (SSSR count). The molecular formula is C11H20N2O8. The molecule has 6 atom stereocenters. The molecule has 0 bridgehead atoms. The van der Waals surface area contributed by atoms with Crippen molar-refractivity contribution in [1.82, 2.24) is 5.32 Å². The molecule has 0 spiro atoms. The zero-order chi connectivity index (χ0) is 16.2. The van der Waals surface area contributed by atoms with Crippen molar-refractivity contribution in [2.24, 2.45) is 5.73 Å². The van der Waals surface area contributed by atoms with E-state index in [0.717, 1.165) is 0 Å². The quantitative estimate of drug-likeness (QED) is 0.289. The van der Waals surface area contributed by atoms with E-state index in [1.165, 1.54) is 6.92 Å². The van der Waals surface area contributed by atoms with Gasteiger partial charge in [-0.2, -0.15) is 0 Å². The second-order valence-corrected chi connectivity index (χ2v) is 4.71. The van der Waals surface area contributed by atoms with Gasteiger partial charge < -0.3 is 41.0 Å². The zero-order valence-electron chi connectivity index (χ0n) is 11.4. The third-order valence-electron chi connectivity index (χ3n) is 3.01. The number of aliphatic hydroxyl groups excluding tert-OH is 3. The number of carboxylic acids is 1. The Kier molecular flexibility index (Phi) is 6.45. The van der Waals surface area contributed by atoms with Crippen molar-refractivity contribution < 1.29 is 39.5 Å². The largest absolute Gasteiger partial charge is 0.480 e. The van der Waals surface area contributed by atoms with Crippen molar-refractivity contribution in [3.63, 3.8) is 0 Å². The van der Waals surface area contributed by atoms with Crippen molar-refractivity contribution in [3.8, 4) is 0 Å². The van der Waals surface area contributed by atoms with Crippen molar-refractivity contribution in [3.05, 3.63) is 0 Å². The van der Waals surface area contributed by atoms with Crippen LogP contribution in [0.2, 0.25) is 0 Å². The fraction of sp³-hybridized carbons (Fsp3) is 0.818. The summed E-state index contributed by atoms with van der Waals surface area (Å²) in [4.78, 5) is 21.7. The van der Waals surface area contributed by atoms with Crippen molar-refractivity contribution in [2.45, 2.75) is 43.6 Å². The summed E-state index contributed by atoms with van der Waals surface area (Å²) in [6, 6.07) is -2.44. The Bertz CT molecular complexity index is 379. The predicted octanol–water partition coefficient (Wildman–Crippen LogP) is -3.64. The van der Waals surface area contributed by atoms with E-state index >= 15 is 0 Å². The number of carboxylic acid groups (broad SMARTS) is 1. The lowest BCUT2D eigenvalue weighted by molar-refractivity contribution is -0.270. The van der Waals surface area contributed by atoms with Crippen LogP contribution in [-0.4, -0.2) is 82.2 Å². The second-order valence-electron chi connectivity index (χ2n) is 4.71. The molecule has 21 heavy (non-hydrogen) atoms. The van der Waals surface area contributed by atoms with Gasteiger partial charge in [0.1, 0.15) is 30.4 Å². The monoisotopic (exact) mass is 308 g/mol. The molecule has 0 saturated carbocycles. The van der Waals surface area contributed by atoms with Crippen molar-refractivity contribution in [2.75, 3.05) is 13.2 Å². The van der Waals surface area contributed by atoms with Crippen LogP contribution in [0.25, 0.3) is 0 Å². The molecule has 1 fully saturated rings. The van der Waals surface area contributed by atoms with Crippen molar-refractivity contribution >= 4 is 11.9 Å². The van der Waals surface area contributed by atoms with Crippen LogP contribution < -0.4 is 11.1 Å². The minimum Gasteiger partial charge on any atom is -0.480 e. The Hall–Kier alpha value is -1.30. The first-order chi connectivity index (χ1) is 9.77. The van der Waals surface area contributed by atoms with Gasteiger partial charge in [-0.25, -0.2) is 0 Å². The fourth-order valence-electron chi connectivity index (χ4n) is 1.88. The second kappa shape index (κ2) is 7.64. The summed E-state index contributed by atoms with van der Waals surface area (Å²) in [5.41, 5.74) is 5.28. The summed E-state index contributed by atoms with van der Waals surface area (Å²) < 4.78 is 10.4. The standard InChI is InChI=1S/C11H20N2O8/c1-4(15)13-7-9(17)8(16)6(2-14)21-11(7)20-3-5(12)10(18)19/h5-9,11,14,16-17H,2-3,12H2,1H3,(H,13,15)(H,18,19)/t5-,6+,7+,8+,9+,11+/m0/s1. The van der Waals surface area contributed by atoms with Crippen molar-refractivity contribution in [1.29, 1.82) is 0 Å². The molecule has 0 aromatic rings. The summed E-state index contributed by atoms with van der Waals surface area (Å²) in [5, 5.41) is 39.8. The molecule has 1 aliphatic heterocycles. The molecule has 1 saturated heterocycles. The highest BCUT2D eigenvalue weighted by molar-refractivity contribution is 5.73. The molecule has 1 aliphatic rings. The lowest BCUT2D eigenvalue weighted by Gasteiger charge is -2.42. The van der Waals surface area contributed by atoms with Gasteiger partial charge in [0.05, 0.1) is 13.2 Å². The predicted molar refractivity (Wildman–Crippen MR) is 66.9 cm³/mol. The molecule has 122 valence electrons. The number of hydrogen-bond acceptors (Lipinski definition) is 8. The van der Waals surface area contributed by atoms with E-state index in [1.54, 1.807) is 0 Å². The van der Waals surface area contributed by atoms with Gasteiger partial charge in [0.15, 0.2) is 6.29 Å². The van der Waals surface area contributed by atoms with Gasteiger partial charge in [-0.3, -0.25) is 9.59 Å². The van der Waals surface area contributed by atoms with E-state index in [-0.39, 0.29) is 0 Å². The van der Waals surface area contributed by atoms with Crippen LogP contribution in [0.1, 0.15) is 6.92 Å². The van der Waals surface area contributed by atoms with E-state index in [1.807, 2.05) is 0 Å². The Labute approximate surface area is 120 Å². The number of nitrogens with two attached hydrogens (primary N) is 1. The number of amides is 1. The molecule has 0 aliphatic carbocycles. The summed E-state index contributed by atoms with van der Waals surface area (Å²) in [5.74, 6) is -1.80. The maximum Gasteiger partial charge on any atom is 0.322 e. The van der Waals surface area contributed by atoms with E-state index in [0.29, 0.717) is 0 Å². The number of hydrogen-bond donors (Lipinski definition) is 6. The molecule has 0 aromatic carbocycles. The highest BCUT2D eigenvalue weighted by Crippen LogP contribution is 2.22. The number of aliphatic hydroxyl groups is 3. The first-order valence-corrected chi connectivity index (χ1v) is 6.27. The first kappa shape index (κ1) is 17.8. The Morgan fingerprint density at radius 1 is 1.38 bits per heavy atom. The Balaban J connectivity index is 2.78. The molecule has 0 unspecified atom stereocenters. The van der Waals surface area contributed by atoms with E-state index in [4.69, 9.17) is 25.4 Å². The average molecular weight is 308 g/mol. The number of nitrogens with one attached hydrogen (secondary N) is 1. The third kappa shape index (κ3) is 4.59. The van der Waals surface area contributed by atoms with Crippen LogP contribution in [-0.2, 0) is 19.1 Å². The number of aliphatic carboxylic acids is 1. The molecule has 0 radical (unpaired) electrons. The molecule has 10 nitrogen and oxygen atoms in total. The molecule has 1 heterocycles. The van der Waals surface area contributed by atoms with Crippen LogP contribution in [0.3, 0.4) is 0 Å². The molecule has 10 heteroatoms. The summed E-state index contributed by atoms with van der Waals surface area (Å²) in [7, 11) is 0. The maximum atomic E-state index is 11.1. The summed E-state index contributed by atoms with van der Waals surface area (Å²) >= 11 is 0. The van der Waals surface area contributed by atoms with Gasteiger partial charge in [0.25, 0.3) is 0 Å². The molecule has 0 aromatic heterocycles. The van der Waals surface area contributed by atoms with Gasteiger partial charge in [-0.05, 0) is 0 Å². The SMILES string of the molecule is CC(=O)N[C@H]1[C@H](OC[C@H](N)C(=O)O)O[C@H](CO)[C@@H](O)[C@@H]1O. The maximum absolute atomic E-state index is 11.1. The fourth-order valence-corrected chi connectivity index (χ4v) is 1.88. The lowest BCUT2D eigenvalue weighted by atomic mass is 9.97. The summed E-state index contributed by atoms with van der Waals surface area (Å²) in [6.07, 6.45) is -5.27. The average Bonchev–Trinajstić information content (AvgIpc) is 2.42. The van der Waals surface area contributed by atoms with Gasteiger partial charge in [-0.15, -0.1) is 0 Å². The normalized spacial score (nSPS) is 34.2. The van der Waals surface area contributed by atoms with Crippen LogP contribution >= 0.6 is 0 Å². The number of rotatable bonds is 6. The summed E-state index contributed by atoms with van der Waals surface area (Å²) in [6.45, 7) is 0.171. The van der Waals surface area contributed by atoms with Gasteiger partial charge in [0, 0.05) is 6.92 Å². The highest BCUT2D eigenvalue weighted by atomic mass is 16.7. The van der Waals surface area contributed by atoms with Gasteiger partial charge in [-0.1, -0.05) is 0 Å². The molecule has 7 N–H and O–H groups in total. The number of carbonyl (C=O) groups is 2. The Morgan fingerprint density at radius 2 is 2.00 bits per heavy atom. The topological polar surface area (TPSA) is 172 Å². The van der Waals surface area contributed by atoms with E-state index in [9.17, 15) is 19.8 Å². The minimum absolute atomic E-state index is 0.433. The first-order valence-electron chi connectivity index (χ1n) is 6.27. The lowest BCUT2D eigenvalue weighted by Crippen LogP contribution is -2.64. The zero-order valence-corrected chi connectivity index (χ0v) is 11.4. The number of ether oxygens (including phenoxy) is 2. The van der Waals surface area contributed by atoms with Gasteiger partial charge >= 0.3 is 5.97 Å². The van der Waals surface area contributed by atoms with Gasteiger partial charge in [0.2, 0.25) is 5.91 Å². The van der Waals surface area contributed by atoms with E-state index in [2.05, 4.69) is 5.32 Å².